The summed E-state index contributed by atoms with van der Waals surface area (Å²) in [5.41, 5.74) is 0.421. The Kier molecular flexibility index (Phi) is 1.62. The lowest BCUT2D eigenvalue weighted by atomic mass is 10.2. The maximum absolute atomic E-state index is 10.6. The molecule has 0 saturated carbocycles. The van der Waals surface area contributed by atoms with Crippen LogP contribution in [0.25, 0.3) is 0 Å². The van der Waals surface area contributed by atoms with Crippen molar-refractivity contribution in [3.05, 3.63) is 22.7 Å². The summed E-state index contributed by atoms with van der Waals surface area (Å²) in [5.74, 6) is -0.266. The molecule has 46 valence electrons. The third kappa shape index (κ3) is 1.36. The Labute approximate surface area is 61.1 Å². The lowest BCUT2D eigenvalue weighted by Gasteiger charge is -1.98. The van der Waals surface area contributed by atoms with Gasteiger partial charge in [-0.25, -0.2) is 4.99 Å². The van der Waals surface area contributed by atoms with E-state index in [1.54, 1.807) is 6.08 Å². The molecule has 0 aromatic carbocycles. The van der Waals surface area contributed by atoms with Gasteiger partial charge in [-0.3, -0.25) is 4.79 Å². The Morgan fingerprint density at radius 1 is 1.67 bits per heavy atom. The van der Waals surface area contributed by atoms with E-state index in [0.717, 1.165) is 4.48 Å². The fraction of sp³-hybridized carbons (Fsp3) is 0. The number of hydrogen-bond acceptors (Lipinski definition) is 1. The Balaban J connectivity index is 2.95. The number of hydrogen-bond donors (Lipinski definition) is 0. The van der Waals surface area contributed by atoms with Crippen molar-refractivity contribution in [3.63, 3.8) is 0 Å². The number of halogens is 1. The Hall–Kier alpha value is -0.700. The summed E-state index contributed by atoms with van der Waals surface area (Å²) in [6.07, 6.45) is 3.09. The van der Waals surface area contributed by atoms with Gasteiger partial charge in [0.05, 0.1) is 0 Å². The Bertz CT molecular complexity index is 227. The van der Waals surface area contributed by atoms with Crippen LogP contribution in [0, 0.1) is 0 Å². The molecule has 1 aliphatic heterocycles. The van der Waals surface area contributed by atoms with Gasteiger partial charge in [-0.05, 0) is 22.0 Å². The van der Waals surface area contributed by atoms with E-state index >= 15 is 0 Å². The second-order valence-corrected chi connectivity index (χ2v) is 2.53. The van der Waals surface area contributed by atoms with Gasteiger partial charge in [0, 0.05) is 16.3 Å². The number of rotatable bonds is 0. The average Bonchev–Trinajstić information content (AvgIpc) is 1.80. The molecule has 0 atom stereocenters. The van der Waals surface area contributed by atoms with E-state index in [0.29, 0.717) is 5.57 Å². The minimum atomic E-state index is -0.266. The number of amides is 1. The second kappa shape index (κ2) is 2.27. The smallest absolute Gasteiger partial charge is 0.267 e. The van der Waals surface area contributed by atoms with Gasteiger partial charge in [-0.15, -0.1) is 0 Å². The normalized spacial score (nSPS) is 18.1. The van der Waals surface area contributed by atoms with E-state index in [2.05, 4.69) is 27.5 Å². The van der Waals surface area contributed by atoms with Gasteiger partial charge >= 0.3 is 0 Å². The van der Waals surface area contributed by atoms with Crippen LogP contribution in [0.3, 0.4) is 0 Å². The van der Waals surface area contributed by atoms with E-state index in [1.165, 1.54) is 6.21 Å². The van der Waals surface area contributed by atoms with Crippen molar-refractivity contribution >= 4 is 28.1 Å². The monoisotopic (exact) mass is 185 g/mol. The van der Waals surface area contributed by atoms with Crippen molar-refractivity contribution in [2.75, 3.05) is 0 Å². The van der Waals surface area contributed by atoms with Crippen LogP contribution in [-0.4, -0.2) is 12.1 Å². The summed E-state index contributed by atoms with van der Waals surface area (Å²) in [4.78, 5) is 14.1. The zero-order valence-electron chi connectivity index (χ0n) is 4.60. The maximum atomic E-state index is 10.6. The van der Waals surface area contributed by atoms with Crippen LogP contribution < -0.4 is 0 Å². The van der Waals surface area contributed by atoms with Crippen LogP contribution in [0.1, 0.15) is 0 Å². The van der Waals surface area contributed by atoms with Crippen molar-refractivity contribution in [2.24, 2.45) is 4.99 Å². The van der Waals surface area contributed by atoms with E-state index < -0.39 is 0 Å². The molecule has 0 aromatic rings. The highest BCUT2D eigenvalue weighted by molar-refractivity contribution is 9.12. The molecule has 0 saturated heterocycles. The van der Waals surface area contributed by atoms with Gasteiger partial charge in [0.1, 0.15) is 0 Å². The predicted molar refractivity (Wildman–Crippen MR) is 39.6 cm³/mol. The first-order chi connectivity index (χ1) is 4.20. The van der Waals surface area contributed by atoms with E-state index in [4.69, 9.17) is 0 Å². The van der Waals surface area contributed by atoms with Gasteiger partial charge in [-0.1, -0.05) is 6.58 Å². The second-order valence-electron chi connectivity index (χ2n) is 1.62. The van der Waals surface area contributed by atoms with Gasteiger partial charge in [0.15, 0.2) is 0 Å². The molecule has 9 heavy (non-hydrogen) atoms. The fourth-order valence-electron chi connectivity index (χ4n) is 0.469. The third-order valence-electron chi connectivity index (χ3n) is 0.892. The zero-order chi connectivity index (χ0) is 6.85. The molecule has 0 radical (unpaired) electrons. The molecular weight excluding hydrogens is 182 g/mol. The summed E-state index contributed by atoms with van der Waals surface area (Å²) < 4.78 is 0.784. The highest BCUT2D eigenvalue weighted by Gasteiger charge is 2.05. The summed E-state index contributed by atoms with van der Waals surface area (Å²) in [6.45, 7) is 3.48. The van der Waals surface area contributed by atoms with Crippen molar-refractivity contribution in [1.29, 1.82) is 0 Å². The highest BCUT2D eigenvalue weighted by Crippen LogP contribution is 2.11. The van der Waals surface area contributed by atoms with Crippen LogP contribution in [0.4, 0.5) is 0 Å². The van der Waals surface area contributed by atoms with Gasteiger partial charge in [0.25, 0.3) is 5.91 Å². The zero-order valence-corrected chi connectivity index (χ0v) is 6.18. The minimum Gasteiger partial charge on any atom is -0.267 e. The molecule has 1 rings (SSSR count). The molecule has 0 unspecified atom stereocenters. The standard InChI is InChI=1S/C6H4BrNO/c1-4-2-5(7)3-8-6(4)9/h2-3H,1H2. The van der Waals surface area contributed by atoms with Crippen LogP contribution in [0.15, 0.2) is 27.7 Å². The largest absolute Gasteiger partial charge is 0.276 e. The van der Waals surface area contributed by atoms with Crippen molar-refractivity contribution in [2.45, 2.75) is 0 Å². The molecule has 1 aliphatic rings. The number of carbonyl (C=O) groups is 1. The first-order valence-corrected chi connectivity index (χ1v) is 3.14. The first kappa shape index (κ1) is 6.42. The SMILES string of the molecule is C=C1C=C(Br)C=NC1=O. The average molecular weight is 186 g/mol. The molecule has 1 heterocycles. The van der Waals surface area contributed by atoms with Crippen molar-refractivity contribution in [3.8, 4) is 0 Å². The molecule has 0 N–H and O–H groups in total. The van der Waals surface area contributed by atoms with Crippen LogP contribution in [-0.2, 0) is 4.79 Å². The number of carbonyl (C=O) groups excluding carboxylic acids is 1. The fourth-order valence-corrected chi connectivity index (χ4v) is 0.847. The Morgan fingerprint density at radius 2 is 2.33 bits per heavy atom. The molecule has 1 amide bonds. The quantitative estimate of drug-likeness (QED) is 0.526. The number of allylic oxidation sites excluding steroid dienone is 1. The summed E-state index contributed by atoms with van der Waals surface area (Å²) >= 11 is 3.15. The predicted octanol–water partition coefficient (Wildman–Crippen LogP) is 1.43. The third-order valence-corrected chi connectivity index (χ3v) is 1.33. The molecule has 0 fully saturated rings. The van der Waals surface area contributed by atoms with Crippen LogP contribution >= 0.6 is 15.9 Å². The van der Waals surface area contributed by atoms with Gasteiger partial charge in [0.2, 0.25) is 0 Å². The number of dihydropyridines is 1. The van der Waals surface area contributed by atoms with Crippen LogP contribution in [0.2, 0.25) is 0 Å². The first-order valence-electron chi connectivity index (χ1n) is 2.34. The van der Waals surface area contributed by atoms with E-state index in [9.17, 15) is 4.79 Å². The Morgan fingerprint density at radius 3 is 2.78 bits per heavy atom. The molecule has 0 aromatic heterocycles. The molecule has 0 aliphatic carbocycles. The maximum Gasteiger partial charge on any atom is 0.276 e. The topological polar surface area (TPSA) is 29.4 Å². The minimum absolute atomic E-state index is 0.266. The van der Waals surface area contributed by atoms with E-state index in [1.807, 2.05) is 0 Å². The van der Waals surface area contributed by atoms with E-state index in [-0.39, 0.29) is 5.91 Å². The highest BCUT2D eigenvalue weighted by atomic mass is 79.9. The summed E-state index contributed by atoms with van der Waals surface area (Å²) in [5, 5.41) is 0. The van der Waals surface area contributed by atoms with Crippen LogP contribution in [0.5, 0.6) is 0 Å². The lowest BCUT2D eigenvalue weighted by Crippen LogP contribution is -2.00. The summed E-state index contributed by atoms with van der Waals surface area (Å²) in [6, 6.07) is 0. The molecule has 3 heteroatoms. The molecule has 0 spiro atoms. The van der Waals surface area contributed by atoms with Crippen molar-refractivity contribution < 1.29 is 4.79 Å². The molecular formula is C6H4BrNO. The summed E-state index contributed by atoms with van der Waals surface area (Å²) in [7, 11) is 0. The molecule has 2 nitrogen and oxygen atoms in total. The number of nitrogens with zero attached hydrogens (tertiary/aromatic N) is 1. The van der Waals surface area contributed by atoms with Crippen molar-refractivity contribution in [1.82, 2.24) is 0 Å². The van der Waals surface area contributed by atoms with Gasteiger partial charge < -0.3 is 0 Å². The number of aliphatic imine (C=N–C) groups is 1. The molecule has 0 bridgehead atoms. The van der Waals surface area contributed by atoms with Gasteiger partial charge in [-0.2, -0.15) is 0 Å². The lowest BCUT2D eigenvalue weighted by molar-refractivity contribution is -0.114.